The van der Waals surface area contributed by atoms with Gasteiger partial charge < -0.3 is 24.4 Å². The predicted molar refractivity (Wildman–Crippen MR) is 123 cm³/mol. The van der Waals surface area contributed by atoms with Gasteiger partial charge in [-0.15, -0.1) is 0 Å². The van der Waals surface area contributed by atoms with Crippen LogP contribution in [0.2, 0.25) is 0 Å². The van der Waals surface area contributed by atoms with E-state index in [4.69, 9.17) is 14.2 Å². The van der Waals surface area contributed by atoms with Crippen LogP contribution < -0.4 is 19.5 Å². The summed E-state index contributed by atoms with van der Waals surface area (Å²) in [6, 6.07) is 11.2. The standard InChI is InChI=1S/C25H32N2O5/c1-15(2)26-24(28)20-14-27(25(29)17-9-7-16(3)8-10-17)13-19(20)18-11-21(30-4)23(32-6)22(12-18)31-5/h7-12,15,19-20H,13-14H2,1-6H3,(H,26,28)/t19-,20+/m1/s1. The Morgan fingerprint density at radius 3 is 2.06 bits per heavy atom. The molecule has 0 radical (unpaired) electrons. The third-order valence-electron chi connectivity index (χ3n) is 5.79. The lowest BCUT2D eigenvalue weighted by molar-refractivity contribution is -0.125. The molecule has 1 heterocycles. The van der Waals surface area contributed by atoms with Crippen LogP contribution in [0.1, 0.15) is 41.3 Å². The summed E-state index contributed by atoms with van der Waals surface area (Å²) in [4.78, 5) is 28.0. The Hall–Kier alpha value is -3.22. The number of hydrogen-bond acceptors (Lipinski definition) is 5. The Kier molecular flexibility index (Phi) is 7.28. The van der Waals surface area contributed by atoms with Gasteiger partial charge in [-0.25, -0.2) is 0 Å². The summed E-state index contributed by atoms with van der Waals surface area (Å²) in [5, 5.41) is 3.01. The van der Waals surface area contributed by atoms with Crippen LogP contribution in [0.5, 0.6) is 17.2 Å². The minimum atomic E-state index is -0.394. The molecule has 0 spiro atoms. The van der Waals surface area contributed by atoms with Gasteiger partial charge in [-0.3, -0.25) is 9.59 Å². The molecule has 0 saturated carbocycles. The highest BCUT2D eigenvalue weighted by atomic mass is 16.5. The molecule has 2 aromatic carbocycles. The second kappa shape index (κ2) is 9.94. The van der Waals surface area contributed by atoms with Crippen LogP contribution >= 0.6 is 0 Å². The second-order valence-electron chi connectivity index (χ2n) is 8.41. The third-order valence-corrected chi connectivity index (χ3v) is 5.79. The molecule has 1 aliphatic heterocycles. The number of methoxy groups -OCH3 is 3. The van der Waals surface area contributed by atoms with E-state index in [0.717, 1.165) is 11.1 Å². The van der Waals surface area contributed by atoms with Crippen molar-refractivity contribution in [2.45, 2.75) is 32.7 Å². The van der Waals surface area contributed by atoms with Crippen molar-refractivity contribution in [2.24, 2.45) is 5.92 Å². The van der Waals surface area contributed by atoms with Crippen molar-refractivity contribution >= 4 is 11.8 Å². The Morgan fingerprint density at radius 2 is 1.56 bits per heavy atom. The van der Waals surface area contributed by atoms with Crippen molar-refractivity contribution in [3.8, 4) is 17.2 Å². The normalized spacial score (nSPS) is 17.9. The summed E-state index contributed by atoms with van der Waals surface area (Å²) >= 11 is 0. The molecule has 7 heteroatoms. The van der Waals surface area contributed by atoms with Crippen LogP contribution in [0.15, 0.2) is 36.4 Å². The number of ether oxygens (including phenoxy) is 3. The summed E-state index contributed by atoms with van der Waals surface area (Å²) in [5.74, 6) is 0.778. The topological polar surface area (TPSA) is 77.1 Å². The van der Waals surface area contributed by atoms with Gasteiger partial charge in [0.2, 0.25) is 11.7 Å². The summed E-state index contributed by atoms with van der Waals surface area (Å²) in [7, 11) is 4.67. The van der Waals surface area contributed by atoms with E-state index in [9.17, 15) is 9.59 Å². The molecule has 2 amide bonds. The molecule has 2 atom stereocenters. The zero-order valence-corrected chi connectivity index (χ0v) is 19.6. The molecule has 172 valence electrons. The highest BCUT2D eigenvalue weighted by molar-refractivity contribution is 5.95. The summed E-state index contributed by atoms with van der Waals surface area (Å²) in [5.41, 5.74) is 2.57. The Morgan fingerprint density at radius 1 is 0.969 bits per heavy atom. The molecule has 0 aromatic heterocycles. The van der Waals surface area contributed by atoms with E-state index in [1.165, 1.54) is 0 Å². The maximum atomic E-state index is 13.2. The van der Waals surface area contributed by atoms with Crippen molar-refractivity contribution < 1.29 is 23.8 Å². The first-order valence-corrected chi connectivity index (χ1v) is 10.7. The zero-order valence-electron chi connectivity index (χ0n) is 19.6. The van der Waals surface area contributed by atoms with Crippen LogP contribution in [-0.4, -0.2) is 57.2 Å². The van der Waals surface area contributed by atoms with Crippen LogP contribution in [0, 0.1) is 12.8 Å². The number of hydrogen-bond donors (Lipinski definition) is 1. The van der Waals surface area contributed by atoms with E-state index in [1.807, 2.05) is 57.2 Å². The van der Waals surface area contributed by atoms with Gasteiger partial charge in [-0.05, 0) is 50.6 Å². The number of aryl methyl sites for hydroxylation is 1. The average Bonchev–Trinajstić information content (AvgIpc) is 3.23. The Balaban J connectivity index is 1.98. The van der Waals surface area contributed by atoms with Gasteiger partial charge in [0.05, 0.1) is 27.2 Å². The molecule has 1 aliphatic rings. The Bertz CT molecular complexity index is 946. The van der Waals surface area contributed by atoms with E-state index < -0.39 is 5.92 Å². The van der Waals surface area contributed by atoms with E-state index in [2.05, 4.69) is 5.32 Å². The molecule has 2 aromatic rings. The van der Waals surface area contributed by atoms with E-state index in [0.29, 0.717) is 35.9 Å². The first-order chi connectivity index (χ1) is 15.3. The molecule has 1 fully saturated rings. The number of amides is 2. The lowest BCUT2D eigenvalue weighted by atomic mass is 9.87. The fraction of sp³-hybridized carbons (Fsp3) is 0.440. The lowest BCUT2D eigenvalue weighted by Gasteiger charge is -2.21. The SMILES string of the molecule is COc1cc([C@H]2CN(C(=O)c3ccc(C)cc3)C[C@@H]2C(=O)NC(C)C)cc(OC)c1OC. The third kappa shape index (κ3) is 4.82. The number of nitrogens with one attached hydrogen (secondary N) is 1. The first kappa shape index (κ1) is 23.4. The molecule has 0 bridgehead atoms. The maximum absolute atomic E-state index is 13.2. The smallest absolute Gasteiger partial charge is 0.253 e. The minimum Gasteiger partial charge on any atom is -0.493 e. The highest BCUT2D eigenvalue weighted by Crippen LogP contribution is 2.43. The molecule has 7 nitrogen and oxygen atoms in total. The van der Waals surface area contributed by atoms with Gasteiger partial charge in [-0.1, -0.05) is 17.7 Å². The summed E-state index contributed by atoms with van der Waals surface area (Å²) in [6.07, 6.45) is 0. The van der Waals surface area contributed by atoms with Gasteiger partial charge in [-0.2, -0.15) is 0 Å². The largest absolute Gasteiger partial charge is 0.493 e. The van der Waals surface area contributed by atoms with Crippen LogP contribution in [-0.2, 0) is 4.79 Å². The molecule has 32 heavy (non-hydrogen) atoms. The summed E-state index contributed by atoms with van der Waals surface area (Å²) < 4.78 is 16.5. The van der Waals surface area contributed by atoms with Gasteiger partial charge in [0.25, 0.3) is 5.91 Å². The molecule has 1 saturated heterocycles. The van der Waals surface area contributed by atoms with Gasteiger partial charge >= 0.3 is 0 Å². The van der Waals surface area contributed by atoms with Crippen molar-refractivity contribution in [2.75, 3.05) is 34.4 Å². The van der Waals surface area contributed by atoms with Crippen molar-refractivity contribution in [1.82, 2.24) is 10.2 Å². The van der Waals surface area contributed by atoms with E-state index in [1.54, 1.807) is 26.2 Å². The Labute approximate surface area is 189 Å². The van der Waals surface area contributed by atoms with Crippen molar-refractivity contribution in [3.05, 3.63) is 53.1 Å². The molecule has 0 unspecified atom stereocenters. The molecule has 1 N–H and O–H groups in total. The second-order valence-corrected chi connectivity index (χ2v) is 8.41. The van der Waals surface area contributed by atoms with Crippen LogP contribution in [0.25, 0.3) is 0 Å². The fourth-order valence-corrected chi connectivity index (χ4v) is 4.16. The quantitative estimate of drug-likeness (QED) is 0.714. The summed E-state index contributed by atoms with van der Waals surface area (Å²) in [6.45, 7) is 6.60. The van der Waals surface area contributed by atoms with E-state index in [-0.39, 0.29) is 23.8 Å². The number of nitrogens with zero attached hydrogens (tertiary/aromatic N) is 1. The number of rotatable bonds is 7. The highest BCUT2D eigenvalue weighted by Gasteiger charge is 2.41. The molecular formula is C25H32N2O5. The fourth-order valence-electron chi connectivity index (χ4n) is 4.16. The number of likely N-dealkylation sites (tertiary alicyclic amines) is 1. The predicted octanol–water partition coefficient (Wildman–Crippen LogP) is 3.40. The van der Waals surface area contributed by atoms with Crippen LogP contribution in [0.4, 0.5) is 0 Å². The van der Waals surface area contributed by atoms with Crippen molar-refractivity contribution in [1.29, 1.82) is 0 Å². The minimum absolute atomic E-state index is 0.00457. The molecule has 3 rings (SSSR count). The van der Waals surface area contributed by atoms with Gasteiger partial charge in [0.1, 0.15) is 0 Å². The van der Waals surface area contributed by atoms with Crippen LogP contribution in [0.3, 0.4) is 0 Å². The monoisotopic (exact) mass is 440 g/mol. The number of benzene rings is 2. The van der Waals surface area contributed by atoms with E-state index >= 15 is 0 Å². The zero-order chi connectivity index (χ0) is 23.4. The van der Waals surface area contributed by atoms with Gasteiger partial charge in [0, 0.05) is 30.6 Å². The van der Waals surface area contributed by atoms with Gasteiger partial charge in [0.15, 0.2) is 11.5 Å². The number of carbonyl (C=O) groups is 2. The molecule has 0 aliphatic carbocycles. The maximum Gasteiger partial charge on any atom is 0.253 e. The first-order valence-electron chi connectivity index (χ1n) is 10.7. The lowest BCUT2D eigenvalue weighted by Crippen LogP contribution is -2.39. The number of carbonyl (C=O) groups excluding carboxylic acids is 2. The van der Waals surface area contributed by atoms with Crippen molar-refractivity contribution in [3.63, 3.8) is 0 Å². The molecular weight excluding hydrogens is 408 g/mol. The average molecular weight is 441 g/mol.